The van der Waals surface area contributed by atoms with Gasteiger partial charge in [0.15, 0.2) is 6.29 Å². The molecule has 0 radical (unpaired) electrons. The molecule has 0 aromatic heterocycles. The number of nitrogen functional groups attached to an aromatic ring is 2. The third-order valence-electron chi connectivity index (χ3n) is 2.09. The smallest absolute Gasteiger partial charge is 0.194 e. The lowest BCUT2D eigenvalue weighted by molar-refractivity contribution is 0.000282. The second-order valence-corrected chi connectivity index (χ2v) is 3.85. The normalized spacial score (nSPS) is 10.0. The molecule has 2 rings (SSSR count). The topological polar surface area (TPSA) is 102 Å². The van der Waals surface area contributed by atoms with Gasteiger partial charge in [-0.15, -0.1) is 24.8 Å². The van der Waals surface area contributed by atoms with Crippen molar-refractivity contribution in [2.45, 2.75) is 13.2 Å². The second-order valence-electron chi connectivity index (χ2n) is 3.85. The van der Waals surface area contributed by atoms with Crippen LogP contribution in [0, 0.1) is 0 Å². The molecule has 118 valence electrons. The molecule has 0 heterocycles. The molecule has 6 N–H and O–H groups in total. The van der Waals surface area contributed by atoms with Crippen LogP contribution in [0.15, 0.2) is 48.5 Å². The van der Waals surface area contributed by atoms with E-state index in [1.165, 1.54) is 6.92 Å². The molecule has 0 spiro atoms. The van der Waals surface area contributed by atoms with Gasteiger partial charge in [-0.25, -0.2) is 0 Å². The molecule has 5 nitrogen and oxygen atoms in total. The van der Waals surface area contributed by atoms with Crippen LogP contribution in [0.25, 0.3) is 0 Å². The largest absolute Gasteiger partial charge is 0.508 e. The van der Waals surface area contributed by atoms with Crippen LogP contribution < -0.4 is 16.2 Å². The highest BCUT2D eigenvalue weighted by atomic mass is 35.5. The summed E-state index contributed by atoms with van der Waals surface area (Å²) in [7, 11) is 0. The molecule has 21 heavy (non-hydrogen) atoms. The van der Waals surface area contributed by atoms with E-state index in [-0.39, 0.29) is 24.8 Å². The van der Waals surface area contributed by atoms with E-state index in [1.807, 2.05) is 6.07 Å². The SMILES string of the molecule is CC(O)Oc1ccc(N)cc1N.Cl.Cl.Oc1ccccc1. The Morgan fingerprint density at radius 3 is 1.95 bits per heavy atom. The Hall–Kier alpha value is -1.82. The van der Waals surface area contributed by atoms with Crippen LogP contribution in [-0.4, -0.2) is 16.5 Å². The number of benzene rings is 2. The number of halogens is 2. The Kier molecular flexibility index (Phi) is 11.2. The molecule has 0 aliphatic heterocycles. The van der Waals surface area contributed by atoms with E-state index in [0.29, 0.717) is 22.9 Å². The highest BCUT2D eigenvalue weighted by Crippen LogP contribution is 2.23. The number of hydrogen-bond donors (Lipinski definition) is 4. The van der Waals surface area contributed by atoms with Crippen molar-refractivity contribution in [2.24, 2.45) is 0 Å². The summed E-state index contributed by atoms with van der Waals surface area (Å²) in [5.41, 5.74) is 12.0. The van der Waals surface area contributed by atoms with Crippen molar-refractivity contribution in [3.05, 3.63) is 48.5 Å². The maximum absolute atomic E-state index is 8.89. The Labute approximate surface area is 136 Å². The maximum atomic E-state index is 8.89. The molecule has 2 aromatic rings. The van der Waals surface area contributed by atoms with Crippen molar-refractivity contribution in [1.29, 1.82) is 0 Å². The van der Waals surface area contributed by atoms with E-state index in [2.05, 4.69) is 0 Å². The number of aliphatic hydroxyl groups excluding tert-OH is 1. The summed E-state index contributed by atoms with van der Waals surface area (Å²) in [5.74, 6) is 0.765. The minimum absolute atomic E-state index is 0. The molecule has 0 fully saturated rings. The Bertz CT molecular complexity index is 511. The van der Waals surface area contributed by atoms with Crippen molar-refractivity contribution in [1.82, 2.24) is 0 Å². The molecule has 0 saturated heterocycles. The van der Waals surface area contributed by atoms with Gasteiger partial charge in [0, 0.05) is 5.69 Å². The highest BCUT2D eigenvalue weighted by molar-refractivity contribution is 5.85. The van der Waals surface area contributed by atoms with Crippen LogP contribution in [0.2, 0.25) is 0 Å². The first-order valence-electron chi connectivity index (χ1n) is 5.73. The van der Waals surface area contributed by atoms with Crippen LogP contribution in [0.3, 0.4) is 0 Å². The predicted molar refractivity (Wildman–Crippen MR) is 90.2 cm³/mol. The zero-order valence-electron chi connectivity index (χ0n) is 11.5. The minimum atomic E-state index is -0.865. The molecule has 2 aromatic carbocycles. The number of aromatic hydroxyl groups is 1. The zero-order valence-corrected chi connectivity index (χ0v) is 13.1. The van der Waals surface area contributed by atoms with E-state index in [0.717, 1.165) is 0 Å². The zero-order chi connectivity index (χ0) is 14.3. The summed E-state index contributed by atoms with van der Waals surface area (Å²) in [6.45, 7) is 1.51. The van der Waals surface area contributed by atoms with Gasteiger partial charge in [-0.05, 0) is 37.3 Å². The van der Waals surface area contributed by atoms with Crippen molar-refractivity contribution >= 4 is 36.2 Å². The summed E-state index contributed by atoms with van der Waals surface area (Å²) in [4.78, 5) is 0. The monoisotopic (exact) mass is 334 g/mol. The molecule has 0 saturated carbocycles. The van der Waals surface area contributed by atoms with Gasteiger partial charge in [-0.1, -0.05) is 18.2 Å². The first-order valence-corrected chi connectivity index (χ1v) is 5.73. The lowest BCUT2D eigenvalue weighted by Gasteiger charge is -2.10. The fourth-order valence-corrected chi connectivity index (χ4v) is 1.29. The molecule has 1 unspecified atom stereocenters. The number of para-hydroxylation sites is 1. The first kappa shape index (κ1) is 21.5. The fourth-order valence-electron chi connectivity index (χ4n) is 1.29. The predicted octanol–water partition coefficient (Wildman–Crippen LogP) is 2.80. The van der Waals surface area contributed by atoms with Crippen molar-refractivity contribution < 1.29 is 14.9 Å². The highest BCUT2D eigenvalue weighted by Gasteiger charge is 2.02. The number of hydrogen-bond acceptors (Lipinski definition) is 5. The van der Waals surface area contributed by atoms with Crippen molar-refractivity contribution in [2.75, 3.05) is 11.5 Å². The Balaban J connectivity index is 0. The van der Waals surface area contributed by atoms with Gasteiger partial charge in [-0.3, -0.25) is 0 Å². The summed E-state index contributed by atoms with van der Waals surface area (Å²) >= 11 is 0. The average Bonchev–Trinajstić information content (AvgIpc) is 2.34. The van der Waals surface area contributed by atoms with Gasteiger partial charge in [0.2, 0.25) is 0 Å². The maximum Gasteiger partial charge on any atom is 0.194 e. The molecule has 1 atom stereocenters. The number of aliphatic hydroxyl groups is 1. The lowest BCUT2D eigenvalue weighted by atomic mass is 10.2. The number of phenols is 1. The van der Waals surface area contributed by atoms with Crippen LogP contribution in [0.5, 0.6) is 11.5 Å². The molecule has 0 amide bonds. The van der Waals surface area contributed by atoms with E-state index in [4.69, 9.17) is 26.4 Å². The second kappa shape index (κ2) is 10.9. The number of phenolic OH excluding ortho intramolecular Hbond substituents is 1. The van der Waals surface area contributed by atoms with Crippen LogP contribution in [0.4, 0.5) is 11.4 Å². The number of nitrogens with two attached hydrogens (primary N) is 2. The summed E-state index contributed by atoms with van der Waals surface area (Å²) < 4.78 is 4.97. The number of rotatable bonds is 2. The van der Waals surface area contributed by atoms with Crippen molar-refractivity contribution in [3.8, 4) is 11.5 Å². The minimum Gasteiger partial charge on any atom is -0.508 e. The van der Waals surface area contributed by atoms with Crippen LogP contribution in [0.1, 0.15) is 6.92 Å². The van der Waals surface area contributed by atoms with Gasteiger partial charge in [0.05, 0.1) is 5.69 Å². The van der Waals surface area contributed by atoms with E-state index >= 15 is 0 Å². The lowest BCUT2D eigenvalue weighted by Crippen LogP contribution is -2.10. The molecule has 7 heteroatoms. The molecular weight excluding hydrogens is 315 g/mol. The summed E-state index contributed by atoms with van der Waals surface area (Å²) in [6.07, 6.45) is -0.865. The van der Waals surface area contributed by atoms with Gasteiger partial charge in [-0.2, -0.15) is 0 Å². The quantitative estimate of drug-likeness (QED) is 0.499. The molecular formula is C14H20Cl2N2O3. The van der Waals surface area contributed by atoms with Crippen LogP contribution in [-0.2, 0) is 0 Å². The standard InChI is InChI=1S/C8H12N2O2.C6H6O.2ClH/c1-5(11)12-8-3-2-6(9)4-7(8)10;7-6-4-2-1-3-5-6;;/h2-5,11H,9-10H2,1H3;1-5,7H;2*1H. The van der Waals surface area contributed by atoms with Gasteiger partial charge >= 0.3 is 0 Å². The third-order valence-corrected chi connectivity index (χ3v) is 2.09. The van der Waals surface area contributed by atoms with E-state index in [1.54, 1.807) is 42.5 Å². The van der Waals surface area contributed by atoms with Crippen molar-refractivity contribution in [3.63, 3.8) is 0 Å². The number of anilines is 2. The molecule has 0 aliphatic carbocycles. The fraction of sp³-hybridized carbons (Fsp3) is 0.143. The van der Waals surface area contributed by atoms with Crippen LogP contribution >= 0.6 is 24.8 Å². The van der Waals surface area contributed by atoms with E-state index in [9.17, 15) is 0 Å². The van der Waals surface area contributed by atoms with E-state index < -0.39 is 6.29 Å². The third kappa shape index (κ3) is 8.86. The van der Waals surface area contributed by atoms with Gasteiger partial charge in [0.1, 0.15) is 11.5 Å². The Morgan fingerprint density at radius 1 is 1.00 bits per heavy atom. The summed E-state index contributed by atoms with van der Waals surface area (Å²) in [5, 5.41) is 17.5. The molecule has 0 bridgehead atoms. The average molecular weight is 335 g/mol. The molecule has 0 aliphatic rings. The van der Waals surface area contributed by atoms with Gasteiger partial charge in [0.25, 0.3) is 0 Å². The Morgan fingerprint density at radius 2 is 1.57 bits per heavy atom. The first-order chi connectivity index (χ1) is 8.99. The number of ether oxygens (including phenoxy) is 1. The summed E-state index contributed by atoms with van der Waals surface area (Å²) in [6, 6.07) is 13.6. The van der Waals surface area contributed by atoms with Gasteiger partial charge < -0.3 is 26.4 Å².